The van der Waals surface area contributed by atoms with E-state index in [0.29, 0.717) is 11.8 Å². The summed E-state index contributed by atoms with van der Waals surface area (Å²) in [6.45, 7) is 1.70. The normalized spacial score (nSPS) is 38.4. The van der Waals surface area contributed by atoms with Crippen LogP contribution >= 0.6 is 0 Å². The van der Waals surface area contributed by atoms with Crippen molar-refractivity contribution in [1.29, 1.82) is 0 Å². The first-order valence-corrected chi connectivity index (χ1v) is 7.30. The predicted octanol–water partition coefficient (Wildman–Crippen LogP) is 1.76. The molecule has 0 radical (unpaired) electrons. The Bertz CT molecular complexity index is 299. The average Bonchev–Trinajstić information content (AvgIpc) is 3.05. The van der Waals surface area contributed by atoms with E-state index in [2.05, 4.69) is 0 Å². The van der Waals surface area contributed by atoms with Crippen LogP contribution < -0.4 is 5.73 Å². The van der Waals surface area contributed by atoms with Crippen molar-refractivity contribution in [3.05, 3.63) is 0 Å². The third-order valence-electron chi connectivity index (χ3n) is 4.95. The van der Waals surface area contributed by atoms with Crippen molar-refractivity contribution in [2.75, 3.05) is 13.1 Å². The second-order valence-electron chi connectivity index (χ2n) is 6.24. The summed E-state index contributed by atoms with van der Waals surface area (Å²) in [5, 5.41) is 0. The van der Waals surface area contributed by atoms with E-state index < -0.39 is 0 Å². The molecule has 1 heterocycles. The molecule has 0 spiro atoms. The fourth-order valence-electron chi connectivity index (χ4n) is 3.80. The monoisotopic (exact) mass is 236 g/mol. The molecule has 3 rings (SSSR count). The minimum absolute atomic E-state index is 0.228. The van der Waals surface area contributed by atoms with Gasteiger partial charge >= 0.3 is 0 Å². The lowest BCUT2D eigenvalue weighted by Gasteiger charge is -2.22. The molecule has 0 unspecified atom stereocenters. The van der Waals surface area contributed by atoms with Gasteiger partial charge in [-0.25, -0.2) is 0 Å². The second kappa shape index (κ2) is 4.60. The van der Waals surface area contributed by atoms with E-state index in [0.717, 1.165) is 37.8 Å². The number of carbonyl (C=O) groups is 1. The molecule has 1 saturated heterocycles. The molecule has 0 aromatic heterocycles. The van der Waals surface area contributed by atoms with E-state index in [9.17, 15) is 4.79 Å². The molecule has 0 aromatic carbocycles. The van der Waals surface area contributed by atoms with Gasteiger partial charge in [-0.2, -0.15) is 0 Å². The van der Waals surface area contributed by atoms with Crippen molar-refractivity contribution in [3.63, 3.8) is 0 Å². The third-order valence-corrected chi connectivity index (χ3v) is 4.95. The fraction of sp³-hybridized carbons (Fsp3) is 0.929. The van der Waals surface area contributed by atoms with Crippen molar-refractivity contribution in [1.82, 2.24) is 4.90 Å². The van der Waals surface area contributed by atoms with Gasteiger partial charge in [0.25, 0.3) is 0 Å². The quantitative estimate of drug-likeness (QED) is 0.794. The number of likely N-dealkylation sites (tertiary alicyclic amines) is 1. The topological polar surface area (TPSA) is 46.3 Å². The molecule has 1 amide bonds. The Morgan fingerprint density at radius 2 is 1.88 bits per heavy atom. The summed E-state index contributed by atoms with van der Waals surface area (Å²) in [6.07, 6.45) is 9.07. The van der Waals surface area contributed by atoms with Crippen LogP contribution in [0.2, 0.25) is 0 Å². The second-order valence-corrected chi connectivity index (χ2v) is 6.24. The summed E-state index contributed by atoms with van der Waals surface area (Å²) < 4.78 is 0. The summed E-state index contributed by atoms with van der Waals surface area (Å²) in [4.78, 5) is 14.3. The molecule has 96 valence electrons. The molecule has 2 N–H and O–H groups in total. The standard InChI is InChI=1S/C14H24N2O/c15-11-6-7-16(9-11)14(17)13-8-12(13)10-4-2-1-3-5-10/h10-13H,1-9,15H2/t11-,12+,13+/m1/s1. The van der Waals surface area contributed by atoms with Crippen LogP contribution in [0.3, 0.4) is 0 Å². The highest BCUT2D eigenvalue weighted by Gasteiger charge is 2.49. The van der Waals surface area contributed by atoms with Crippen molar-refractivity contribution in [2.45, 2.75) is 51.0 Å². The lowest BCUT2D eigenvalue weighted by molar-refractivity contribution is -0.132. The van der Waals surface area contributed by atoms with Gasteiger partial charge in [0.15, 0.2) is 0 Å². The Morgan fingerprint density at radius 1 is 1.12 bits per heavy atom. The first-order valence-electron chi connectivity index (χ1n) is 7.30. The summed E-state index contributed by atoms with van der Waals surface area (Å²) in [7, 11) is 0. The Kier molecular flexibility index (Phi) is 3.12. The number of nitrogens with zero attached hydrogens (tertiary/aromatic N) is 1. The van der Waals surface area contributed by atoms with Gasteiger partial charge in [-0.3, -0.25) is 4.79 Å². The highest BCUT2D eigenvalue weighted by Crippen LogP contribution is 2.50. The van der Waals surface area contributed by atoms with Crippen LogP contribution in [0.1, 0.15) is 44.9 Å². The van der Waals surface area contributed by atoms with Crippen molar-refractivity contribution in [3.8, 4) is 0 Å². The van der Waals surface area contributed by atoms with Gasteiger partial charge in [-0.05, 0) is 24.7 Å². The molecular formula is C14H24N2O. The smallest absolute Gasteiger partial charge is 0.226 e. The molecular weight excluding hydrogens is 212 g/mol. The average molecular weight is 236 g/mol. The van der Waals surface area contributed by atoms with Crippen LogP contribution in [0.25, 0.3) is 0 Å². The fourth-order valence-corrected chi connectivity index (χ4v) is 3.80. The molecule has 2 aliphatic carbocycles. The van der Waals surface area contributed by atoms with Crippen molar-refractivity contribution < 1.29 is 4.79 Å². The van der Waals surface area contributed by atoms with E-state index in [1.54, 1.807) is 0 Å². The van der Waals surface area contributed by atoms with E-state index in [-0.39, 0.29) is 6.04 Å². The van der Waals surface area contributed by atoms with E-state index >= 15 is 0 Å². The molecule has 2 saturated carbocycles. The molecule has 3 atom stereocenters. The number of hydrogen-bond acceptors (Lipinski definition) is 2. The van der Waals surface area contributed by atoms with Crippen LogP contribution in [0.15, 0.2) is 0 Å². The van der Waals surface area contributed by atoms with Gasteiger partial charge in [0, 0.05) is 25.0 Å². The maximum absolute atomic E-state index is 12.3. The molecule has 1 aliphatic heterocycles. The van der Waals surface area contributed by atoms with Crippen LogP contribution in [-0.2, 0) is 4.79 Å². The molecule has 0 bridgehead atoms. The summed E-state index contributed by atoms with van der Waals surface area (Å²) in [5.74, 6) is 2.35. The first-order chi connectivity index (χ1) is 8.25. The number of nitrogens with two attached hydrogens (primary N) is 1. The Hall–Kier alpha value is -0.570. The zero-order valence-electron chi connectivity index (χ0n) is 10.6. The maximum Gasteiger partial charge on any atom is 0.226 e. The predicted molar refractivity (Wildman–Crippen MR) is 67.3 cm³/mol. The van der Waals surface area contributed by atoms with Gasteiger partial charge < -0.3 is 10.6 Å². The maximum atomic E-state index is 12.3. The van der Waals surface area contributed by atoms with Gasteiger partial charge in [0.1, 0.15) is 0 Å². The zero-order chi connectivity index (χ0) is 11.8. The Morgan fingerprint density at radius 3 is 2.53 bits per heavy atom. The minimum atomic E-state index is 0.228. The van der Waals surface area contributed by atoms with Gasteiger partial charge in [0.05, 0.1) is 0 Å². The molecule has 3 heteroatoms. The van der Waals surface area contributed by atoms with Crippen LogP contribution in [-0.4, -0.2) is 29.9 Å². The minimum Gasteiger partial charge on any atom is -0.341 e. The summed E-state index contributed by atoms with van der Waals surface area (Å²) in [6, 6.07) is 0.228. The molecule has 3 fully saturated rings. The van der Waals surface area contributed by atoms with Crippen LogP contribution in [0.5, 0.6) is 0 Å². The van der Waals surface area contributed by atoms with Crippen molar-refractivity contribution in [2.24, 2.45) is 23.5 Å². The number of amides is 1. The van der Waals surface area contributed by atoms with Crippen LogP contribution in [0.4, 0.5) is 0 Å². The summed E-state index contributed by atoms with van der Waals surface area (Å²) >= 11 is 0. The lowest BCUT2D eigenvalue weighted by atomic mass is 9.85. The molecule has 0 aromatic rings. The molecule has 3 aliphatic rings. The summed E-state index contributed by atoms with van der Waals surface area (Å²) in [5.41, 5.74) is 5.87. The van der Waals surface area contributed by atoms with Crippen LogP contribution in [0, 0.1) is 17.8 Å². The first kappa shape index (κ1) is 11.5. The third kappa shape index (κ3) is 2.35. The van der Waals surface area contributed by atoms with Gasteiger partial charge in [0.2, 0.25) is 5.91 Å². The largest absolute Gasteiger partial charge is 0.341 e. The zero-order valence-corrected chi connectivity index (χ0v) is 10.6. The van der Waals surface area contributed by atoms with Gasteiger partial charge in [-0.1, -0.05) is 32.1 Å². The van der Waals surface area contributed by atoms with E-state index in [4.69, 9.17) is 5.73 Å². The number of hydrogen-bond donors (Lipinski definition) is 1. The molecule has 17 heavy (non-hydrogen) atoms. The Labute approximate surface area is 104 Å². The van der Waals surface area contributed by atoms with Crippen molar-refractivity contribution >= 4 is 5.91 Å². The lowest BCUT2D eigenvalue weighted by Crippen LogP contribution is -2.33. The van der Waals surface area contributed by atoms with E-state index in [1.807, 2.05) is 4.90 Å². The Balaban J connectivity index is 1.51. The van der Waals surface area contributed by atoms with Gasteiger partial charge in [-0.15, -0.1) is 0 Å². The number of carbonyl (C=O) groups excluding carboxylic acids is 1. The highest BCUT2D eigenvalue weighted by molar-refractivity contribution is 5.82. The number of rotatable bonds is 2. The molecule has 3 nitrogen and oxygen atoms in total. The van der Waals surface area contributed by atoms with E-state index in [1.165, 1.54) is 32.1 Å². The SMILES string of the molecule is N[C@@H]1CCN(C(=O)[C@H]2C[C@H]2C2CCCCC2)C1. The highest BCUT2D eigenvalue weighted by atomic mass is 16.2.